The molecular formula is C25H31N5O3. The fourth-order valence-corrected chi connectivity index (χ4v) is 5.55. The molecule has 1 atom stereocenters. The van der Waals surface area contributed by atoms with Crippen LogP contribution in [0.2, 0.25) is 0 Å². The second kappa shape index (κ2) is 9.45. The topological polar surface area (TPSA) is 99.3 Å². The van der Waals surface area contributed by atoms with Gasteiger partial charge in [-0.3, -0.25) is 19.4 Å². The summed E-state index contributed by atoms with van der Waals surface area (Å²) in [4.78, 5) is 54.5. The molecule has 2 amide bonds. The molecule has 0 unspecified atom stereocenters. The molecule has 1 N–H and O–H groups in total. The Labute approximate surface area is 193 Å². The van der Waals surface area contributed by atoms with Gasteiger partial charge in [0.15, 0.2) is 0 Å². The summed E-state index contributed by atoms with van der Waals surface area (Å²) in [5.74, 6) is 1.13. The second-order valence-electron chi connectivity index (χ2n) is 9.55. The molecule has 1 aliphatic carbocycles. The number of H-pyrrole nitrogens is 1. The highest BCUT2D eigenvalue weighted by atomic mass is 16.2. The molecule has 0 aromatic carbocycles. The van der Waals surface area contributed by atoms with Crippen LogP contribution in [-0.4, -0.2) is 49.7 Å². The predicted octanol–water partition coefficient (Wildman–Crippen LogP) is 3.00. The Bertz CT molecular complexity index is 1080. The van der Waals surface area contributed by atoms with Crippen LogP contribution in [0.4, 0.5) is 0 Å². The van der Waals surface area contributed by atoms with E-state index >= 15 is 0 Å². The Balaban J connectivity index is 1.38. The summed E-state index contributed by atoms with van der Waals surface area (Å²) >= 11 is 0. The van der Waals surface area contributed by atoms with E-state index in [9.17, 15) is 14.4 Å². The summed E-state index contributed by atoms with van der Waals surface area (Å²) in [6.45, 7) is 1.48. The lowest BCUT2D eigenvalue weighted by Gasteiger charge is -2.36. The van der Waals surface area contributed by atoms with Crippen molar-refractivity contribution in [1.29, 1.82) is 0 Å². The number of pyridine rings is 1. The molecule has 0 spiro atoms. The highest BCUT2D eigenvalue weighted by Crippen LogP contribution is 2.33. The molecule has 8 heteroatoms. The van der Waals surface area contributed by atoms with E-state index in [0.717, 1.165) is 32.1 Å². The summed E-state index contributed by atoms with van der Waals surface area (Å²) in [5, 5.41) is 0. The van der Waals surface area contributed by atoms with Gasteiger partial charge in [0.2, 0.25) is 5.91 Å². The number of likely N-dealkylation sites (tertiary alicyclic amines) is 1. The van der Waals surface area contributed by atoms with Gasteiger partial charge in [0.05, 0.1) is 23.8 Å². The van der Waals surface area contributed by atoms with Crippen molar-refractivity contribution in [2.24, 2.45) is 5.92 Å². The van der Waals surface area contributed by atoms with Crippen LogP contribution in [0, 0.1) is 5.92 Å². The summed E-state index contributed by atoms with van der Waals surface area (Å²) in [5.41, 5.74) is 1.68. The van der Waals surface area contributed by atoms with Gasteiger partial charge < -0.3 is 14.8 Å². The van der Waals surface area contributed by atoms with Crippen molar-refractivity contribution in [2.45, 2.75) is 70.4 Å². The maximum atomic E-state index is 13.2. The van der Waals surface area contributed by atoms with Crippen LogP contribution in [0.3, 0.4) is 0 Å². The third-order valence-electron chi connectivity index (χ3n) is 7.36. The molecule has 4 heterocycles. The third kappa shape index (κ3) is 4.56. The average Bonchev–Trinajstić information content (AvgIpc) is 3.36. The molecule has 2 aromatic heterocycles. The highest BCUT2D eigenvalue weighted by Gasteiger charge is 2.33. The Kier molecular flexibility index (Phi) is 6.24. The molecule has 2 aromatic rings. The van der Waals surface area contributed by atoms with Crippen molar-refractivity contribution in [3.63, 3.8) is 0 Å². The standard InChI is InChI=1S/C25H31N5O3/c31-22(14-17-6-1-2-7-17)30-12-4-3-9-21(30)23-27-20-16-29(13-10-19(20)24(32)28-23)25(33)18-8-5-11-26-15-18/h5,8,11,15,17,21H,1-4,6-7,9-10,12-14,16H2,(H,27,28,32)/t21-/m1/s1. The number of carbonyl (C=O) groups excluding carboxylic acids is 2. The number of carbonyl (C=O) groups is 2. The van der Waals surface area contributed by atoms with E-state index < -0.39 is 0 Å². The van der Waals surface area contributed by atoms with Crippen molar-refractivity contribution < 1.29 is 9.59 Å². The Hall–Kier alpha value is -3.03. The van der Waals surface area contributed by atoms with Crippen LogP contribution in [0.5, 0.6) is 0 Å². The van der Waals surface area contributed by atoms with Crippen molar-refractivity contribution in [1.82, 2.24) is 24.8 Å². The van der Waals surface area contributed by atoms with E-state index in [0.29, 0.717) is 61.0 Å². The van der Waals surface area contributed by atoms with Crippen LogP contribution in [-0.2, 0) is 17.8 Å². The molecule has 0 bridgehead atoms. The SMILES string of the molecule is O=C(c1cccnc1)N1CCc2c(nc([C@H]3CCCCN3C(=O)CC3CCCC3)[nH]c2=O)C1. The largest absolute Gasteiger partial charge is 0.333 e. The van der Waals surface area contributed by atoms with Gasteiger partial charge in [0, 0.05) is 37.5 Å². The van der Waals surface area contributed by atoms with Crippen LogP contribution in [0.25, 0.3) is 0 Å². The molecular weight excluding hydrogens is 418 g/mol. The summed E-state index contributed by atoms with van der Waals surface area (Å²) in [7, 11) is 0. The first kappa shape index (κ1) is 21.8. The second-order valence-corrected chi connectivity index (χ2v) is 9.55. The van der Waals surface area contributed by atoms with E-state index in [-0.39, 0.29) is 23.4 Å². The van der Waals surface area contributed by atoms with Gasteiger partial charge in [-0.05, 0) is 56.6 Å². The van der Waals surface area contributed by atoms with Gasteiger partial charge in [-0.2, -0.15) is 0 Å². The lowest BCUT2D eigenvalue weighted by molar-refractivity contribution is -0.136. The first-order chi connectivity index (χ1) is 16.1. The van der Waals surface area contributed by atoms with Gasteiger partial charge in [0.25, 0.3) is 11.5 Å². The smallest absolute Gasteiger partial charge is 0.255 e. The first-order valence-corrected chi connectivity index (χ1v) is 12.2. The molecule has 1 saturated heterocycles. The van der Waals surface area contributed by atoms with Crippen molar-refractivity contribution in [2.75, 3.05) is 13.1 Å². The molecule has 33 heavy (non-hydrogen) atoms. The van der Waals surface area contributed by atoms with E-state index in [1.54, 1.807) is 29.4 Å². The molecule has 8 nitrogen and oxygen atoms in total. The van der Waals surface area contributed by atoms with Crippen LogP contribution >= 0.6 is 0 Å². The molecule has 1 saturated carbocycles. The van der Waals surface area contributed by atoms with E-state index in [4.69, 9.17) is 4.98 Å². The molecule has 5 rings (SSSR count). The van der Waals surface area contributed by atoms with Crippen molar-refractivity contribution >= 4 is 11.8 Å². The zero-order chi connectivity index (χ0) is 22.8. The number of hydrogen-bond acceptors (Lipinski definition) is 5. The lowest BCUT2D eigenvalue weighted by Crippen LogP contribution is -2.42. The zero-order valence-electron chi connectivity index (χ0n) is 19.0. The highest BCUT2D eigenvalue weighted by molar-refractivity contribution is 5.94. The fourth-order valence-electron chi connectivity index (χ4n) is 5.55. The Morgan fingerprint density at radius 2 is 1.91 bits per heavy atom. The average molecular weight is 450 g/mol. The number of fused-ring (bicyclic) bond motifs is 1. The third-order valence-corrected chi connectivity index (χ3v) is 7.36. The van der Waals surface area contributed by atoms with Gasteiger partial charge in [-0.15, -0.1) is 0 Å². The number of aromatic amines is 1. The Morgan fingerprint density at radius 3 is 2.70 bits per heavy atom. The fraction of sp³-hybridized carbons (Fsp3) is 0.560. The number of nitrogens with one attached hydrogen (secondary N) is 1. The minimum atomic E-state index is -0.199. The lowest BCUT2D eigenvalue weighted by atomic mass is 9.97. The molecule has 174 valence electrons. The van der Waals surface area contributed by atoms with E-state index in [1.165, 1.54) is 12.8 Å². The predicted molar refractivity (Wildman–Crippen MR) is 122 cm³/mol. The first-order valence-electron chi connectivity index (χ1n) is 12.2. The number of aromatic nitrogens is 3. The summed E-state index contributed by atoms with van der Waals surface area (Å²) in [6, 6.07) is 3.29. The number of nitrogens with zero attached hydrogens (tertiary/aromatic N) is 4. The van der Waals surface area contributed by atoms with Gasteiger partial charge in [-0.1, -0.05) is 12.8 Å². The Morgan fingerprint density at radius 1 is 1.09 bits per heavy atom. The quantitative estimate of drug-likeness (QED) is 0.774. The monoisotopic (exact) mass is 449 g/mol. The molecule has 0 radical (unpaired) electrons. The van der Waals surface area contributed by atoms with Crippen molar-refractivity contribution in [3.05, 3.63) is 57.5 Å². The number of piperidine rings is 1. The molecule has 3 aliphatic rings. The molecule has 2 fully saturated rings. The normalized spacial score (nSPS) is 21.2. The number of amides is 2. The van der Waals surface area contributed by atoms with Gasteiger partial charge in [0.1, 0.15) is 5.82 Å². The number of hydrogen-bond donors (Lipinski definition) is 1. The van der Waals surface area contributed by atoms with Crippen LogP contribution < -0.4 is 5.56 Å². The van der Waals surface area contributed by atoms with E-state index in [2.05, 4.69) is 9.97 Å². The minimum absolute atomic E-state index is 0.108. The van der Waals surface area contributed by atoms with E-state index in [1.807, 2.05) is 4.90 Å². The van der Waals surface area contributed by atoms with Gasteiger partial charge >= 0.3 is 0 Å². The molecule has 2 aliphatic heterocycles. The minimum Gasteiger partial charge on any atom is -0.333 e. The maximum Gasteiger partial charge on any atom is 0.255 e. The maximum absolute atomic E-state index is 13.2. The summed E-state index contributed by atoms with van der Waals surface area (Å²) < 4.78 is 0. The van der Waals surface area contributed by atoms with Crippen LogP contribution in [0.1, 0.15) is 84.8 Å². The summed E-state index contributed by atoms with van der Waals surface area (Å²) in [6.07, 6.45) is 11.8. The zero-order valence-corrected chi connectivity index (χ0v) is 19.0. The van der Waals surface area contributed by atoms with Crippen molar-refractivity contribution in [3.8, 4) is 0 Å². The number of rotatable bonds is 4. The van der Waals surface area contributed by atoms with Crippen LogP contribution in [0.15, 0.2) is 29.3 Å². The van der Waals surface area contributed by atoms with Gasteiger partial charge in [-0.25, -0.2) is 4.98 Å².